The van der Waals surface area contributed by atoms with E-state index in [1.54, 1.807) is 0 Å². The number of hydrogen-bond donors (Lipinski definition) is 2. The molecule has 1 rings (SSSR count). The molecule has 0 fully saturated rings. The maximum atomic E-state index is 12.5. The molecule has 0 aromatic heterocycles. The van der Waals surface area contributed by atoms with Gasteiger partial charge in [-0.05, 0) is 24.6 Å². The molecule has 0 saturated carbocycles. The molecule has 0 aliphatic rings. The lowest BCUT2D eigenvalue weighted by Gasteiger charge is -2.11. The van der Waals surface area contributed by atoms with Crippen molar-refractivity contribution >= 4 is 11.6 Å². The Morgan fingerprint density at radius 2 is 2.00 bits per heavy atom. The number of amides is 1. The SMILES string of the molecule is CCCCCNC(=O)c1cc(C(F)(F)F)ccc1N. The van der Waals surface area contributed by atoms with Crippen LogP contribution in [0.4, 0.5) is 18.9 Å². The summed E-state index contributed by atoms with van der Waals surface area (Å²) in [5.41, 5.74) is 4.57. The minimum Gasteiger partial charge on any atom is -0.398 e. The number of alkyl halides is 3. The van der Waals surface area contributed by atoms with Crippen molar-refractivity contribution in [1.82, 2.24) is 5.32 Å². The molecule has 0 aliphatic heterocycles. The molecule has 0 spiro atoms. The van der Waals surface area contributed by atoms with Crippen molar-refractivity contribution in [2.75, 3.05) is 12.3 Å². The third-order valence-corrected chi connectivity index (χ3v) is 2.69. The minimum atomic E-state index is -4.48. The van der Waals surface area contributed by atoms with E-state index in [1.165, 1.54) is 0 Å². The number of nitrogen functional groups attached to an aromatic ring is 1. The first-order valence-corrected chi connectivity index (χ1v) is 6.11. The standard InChI is InChI=1S/C13H17F3N2O/c1-2-3-4-7-18-12(19)10-8-9(13(14,15)16)5-6-11(10)17/h5-6,8H,2-4,7,17H2,1H3,(H,18,19). The van der Waals surface area contributed by atoms with Crippen LogP contribution in [0.15, 0.2) is 18.2 Å². The topological polar surface area (TPSA) is 55.1 Å². The number of nitrogens with one attached hydrogen (secondary N) is 1. The van der Waals surface area contributed by atoms with Crippen molar-refractivity contribution < 1.29 is 18.0 Å². The number of carbonyl (C=O) groups excluding carboxylic acids is 1. The van der Waals surface area contributed by atoms with Gasteiger partial charge in [-0.2, -0.15) is 13.2 Å². The Bertz CT molecular complexity index is 444. The Balaban J connectivity index is 2.78. The van der Waals surface area contributed by atoms with Crippen LogP contribution in [0.25, 0.3) is 0 Å². The van der Waals surface area contributed by atoms with E-state index in [2.05, 4.69) is 5.32 Å². The Morgan fingerprint density at radius 1 is 1.32 bits per heavy atom. The van der Waals surface area contributed by atoms with Gasteiger partial charge in [0, 0.05) is 12.2 Å². The van der Waals surface area contributed by atoms with E-state index < -0.39 is 17.6 Å². The summed E-state index contributed by atoms with van der Waals surface area (Å²) in [6.07, 6.45) is -1.73. The Morgan fingerprint density at radius 3 is 2.58 bits per heavy atom. The number of nitrogens with two attached hydrogens (primary N) is 1. The summed E-state index contributed by atoms with van der Waals surface area (Å²) in [4.78, 5) is 11.7. The van der Waals surface area contributed by atoms with Gasteiger partial charge in [0.05, 0.1) is 11.1 Å². The van der Waals surface area contributed by atoms with E-state index in [-0.39, 0.29) is 11.3 Å². The summed E-state index contributed by atoms with van der Waals surface area (Å²) in [5.74, 6) is -0.570. The quantitative estimate of drug-likeness (QED) is 0.640. The van der Waals surface area contributed by atoms with Gasteiger partial charge in [-0.25, -0.2) is 0 Å². The van der Waals surface area contributed by atoms with Crippen molar-refractivity contribution in [3.63, 3.8) is 0 Å². The number of rotatable bonds is 5. The van der Waals surface area contributed by atoms with E-state index in [0.29, 0.717) is 6.54 Å². The first kappa shape index (κ1) is 15.3. The van der Waals surface area contributed by atoms with E-state index in [0.717, 1.165) is 37.5 Å². The van der Waals surface area contributed by atoms with E-state index in [9.17, 15) is 18.0 Å². The van der Waals surface area contributed by atoms with E-state index >= 15 is 0 Å². The van der Waals surface area contributed by atoms with E-state index in [1.807, 2.05) is 6.92 Å². The van der Waals surface area contributed by atoms with Crippen molar-refractivity contribution in [2.45, 2.75) is 32.4 Å². The molecule has 0 bridgehead atoms. The van der Waals surface area contributed by atoms with Gasteiger partial charge in [-0.1, -0.05) is 19.8 Å². The van der Waals surface area contributed by atoms with Crippen LogP contribution in [0.3, 0.4) is 0 Å². The van der Waals surface area contributed by atoms with Crippen LogP contribution in [0, 0.1) is 0 Å². The fraction of sp³-hybridized carbons (Fsp3) is 0.462. The van der Waals surface area contributed by atoms with Gasteiger partial charge in [-0.3, -0.25) is 4.79 Å². The average Bonchev–Trinajstić information content (AvgIpc) is 2.33. The largest absolute Gasteiger partial charge is 0.416 e. The number of anilines is 1. The second-order valence-corrected chi connectivity index (χ2v) is 4.26. The lowest BCUT2D eigenvalue weighted by atomic mass is 10.1. The zero-order chi connectivity index (χ0) is 14.5. The summed E-state index contributed by atoms with van der Waals surface area (Å²) in [6.45, 7) is 2.45. The molecule has 6 heteroatoms. The van der Waals surface area contributed by atoms with Gasteiger partial charge >= 0.3 is 6.18 Å². The molecule has 0 saturated heterocycles. The predicted molar refractivity (Wildman–Crippen MR) is 67.7 cm³/mol. The van der Waals surface area contributed by atoms with Gasteiger partial charge < -0.3 is 11.1 Å². The molecule has 0 heterocycles. The molecule has 106 valence electrons. The second kappa shape index (κ2) is 6.45. The highest BCUT2D eigenvalue weighted by molar-refractivity contribution is 5.99. The minimum absolute atomic E-state index is 0.0426. The molecule has 19 heavy (non-hydrogen) atoms. The monoisotopic (exact) mass is 274 g/mol. The summed E-state index contributed by atoms with van der Waals surface area (Å²) < 4.78 is 37.6. The highest BCUT2D eigenvalue weighted by Crippen LogP contribution is 2.31. The van der Waals surface area contributed by atoms with Gasteiger partial charge in [-0.15, -0.1) is 0 Å². The molecule has 3 nitrogen and oxygen atoms in total. The third-order valence-electron chi connectivity index (χ3n) is 2.69. The van der Waals surface area contributed by atoms with Crippen LogP contribution in [-0.2, 0) is 6.18 Å². The number of halogens is 3. The van der Waals surface area contributed by atoms with Gasteiger partial charge in [0.15, 0.2) is 0 Å². The maximum absolute atomic E-state index is 12.5. The highest BCUT2D eigenvalue weighted by Gasteiger charge is 2.31. The Kier molecular flexibility index (Phi) is 5.20. The van der Waals surface area contributed by atoms with Crippen molar-refractivity contribution in [2.24, 2.45) is 0 Å². The highest BCUT2D eigenvalue weighted by atomic mass is 19.4. The maximum Gasteiger partial charge on any atom is 0.416 e. The molecule has 1 aromatic rings. The summed E-state index contributed by atoms with van der Waals surface area (Å²) in [6, 6.07) is 2.75. The normalized spacial score (nSPS) is 11.4. The van der Waals surface area contributed by atoms with E-state index in [4.69, 9.17) is 5.73 Å². The fourth-order valence-corrected chi connectivity index (χ4v) is 1.60. The number of hydrogen-bond acceptors (Lipinski definition) is 2. The summed E-state index contributed by atoms with van der Waals surface area (Å²) in [5, 5.41) is 2.57. The molecule has 0 aliphatic carbocycles. The molecule has 3 N–H and O–H groups in total. The van der Waals surface area contributed by atoms with Gasteiger partial charge in [0.2, 0.25) is 0 Å². The Hall–Kier alpha value is -1.72. The molecular formula is C13H17F3N2O. The van der Waals surface area contributed by atoms with Crippen LogP contribution < -0.4 is 11.1 Å². The van der Waals surface area contributed by atoms with Crippen LogP contribution in [0.1, 0.15) is 42.1 Å². The third kappa shape index (κ3) is 4.46. The molecule has 0 radical (unpaired) electrons. The lowest BCUT2D eigenvalue weighted by molar-refractivity contribution is -0.137. The first-order chi connectivity index (χ1) is 8.86. The molecular weight excluding hydrogens is 257 g/mol. The molecule has 1 aromatic carbocycles. The first-order valence-electron chi connectivity index (χ1n) is 6.11. The zero-order valence-corrected chi connectivity index (χ0v) is 10.7. The van der Waals surface area contributed by atoms with Gasteiger partial charge in [0.1, 0.15) is 0 Å². The van der Waals surface area contributed by atoms with Crippen molar-refractivity contribution in [1.29, 1.82) is 0 Å². The van der Waals surface area contributed by atoms with Crippen LogP contribution in [0.5, 0.6) is 0 Å². The van der Waals surface area contributed by atoms with Crippen LogP contribution in [0.2, 0.25) is 0 Å². The number of benzene rings is 1. The zero-order valence-electron chi connectivity index (χ0n) is 10.7. The number of carbonyl (C=O) groups is 1. The van der Waals surface area contributed by atoms with Gasteiger partial charge in [0.25, 0.3) is 5.91 Å². The Labute approximate surface area is 110 Å². The van der Waals surface area contributed by atoms with Crippen LogP contribution in [-0.4, -0.2) is 12.5 Å². The molecule has 1 amide bonds. The summed E-state index contributed by atoms with van der Waals surface area (Å²) >= 11 is 0. The average molecular weight is 274 g/mol. The molecule has 0 unspecified atom stereocenters. The molecule has 0 atom stereocenters. The smallest absolute Gasteiger partial charge is 0.398 e. The predicted octanol–water partition coefficient (Wildman–Crippen LogP) is 3.21. The van der Waals surface area contributed by atoms with Crippen molar-refractivity contribution in [3.8, 4) is 0 Å². The lowest BCUT2D eigenvalue weighted by Crippen LogP contribution is -2.25. The number of unbranched alkanes of at least 4 members (excludes halogenated alkanes) is 2. The summed E-state index contributed by atoms with van der Waals surface area (Å²) in [7, 11) is 0. The van der Waals surface area contributed by atoms with Crippen LogP contribution >= 0.6 is 0 Å². The van der Waals surface area contributed by atoms with Crippen molar-refractivity contribution in [3.05, 3.63) is 29.3 Å². The second-order valence-electron chi connectivity index (χ2n) is 4.26. The fourth-order valence-electron chi connectivity index (χ4n) is 1.60.